The molecule has 0 spiro atoms. The number of hydrogen-bond acceptors (Lipinski definition) is 3. The zero-order chi connectivity index (χ0) is 13.9. The van der Waals surface area contributed by atoms with Crippen LogP contribution in [0.3, 0.4) is 0 Å². The molecule has 0 aliphatic carbocycles. The van der Waals surface area contributed by atoms with Crippen LogP contribution in [0.5, 0.6) is 0 Å². The van der Waals surface area contributed by atoms with Crippen LogP contribution in [-0.2, 0) is 9.59 Å². The van der Waals surface area contributed by atoms with Gasteiger partial charge in [0.15, 0.2) is 0 Å². The molecule has 3 nitrogen and oxygen atoms in total. The summed E-state index contributed by atoms with van der Waals surface area (Å²) in [6.07, 6.45) is 4.22. The van der Waals surface area contributed by atoms with Crippen LogP contribution in [0, 0.1) is 5.82 Å². The molecule has 0 aromatic heterocycles. The van der Waals surface area contributed by atoms with E-state index in [0.717, 1.165) is 30.4 Å². The van der Waals surface area contributed by atoms with Crippen molar-refractivity contribution in [2.45, 2.75) is 30.6 Å². The fourth-order valence-corrected chi connectivity index (χ4v) is 2.22. The van der Waals surface area contributed by atoms with Crippen molar-refractivity contribution in [2.24, 2.45) is 0 Å². The van der Waals surface area contributed by atoms with Crippen LogP contribution < -0.4 is 5.32 Å². The highest BCUT2D eigenvalue weighted by atomic mass is 32.2. The van der Waals surface area contributed by atoms with E-state index in [4.69, 9.17) is 0 Å². The van der Waals surface area contributed by atoms with E-state index in [2.05, 4.69) is 5.32 Å². The molecule has 1 rings (SSSR count). The van der Waals surface area contributed by atoms with Crippen molar-refractivity contribution in [3.8, 4) is 0 Å². The van der Waals surface area contributed by atoms with Gasteiger partial charge in [0.1, 0.15) is 12.1 Å². The number of benzene rings is 1. The third kappa shape index (κ3) is 7.62. The number of thioether (sulfide) groups is 1. The zero-order valence-corrected chi connectivity index (χ0v) is 11.5. The average Bonchev–Trinajstić information content (AvgIpc) is 2.42. The lowest BCUT2D eigenvalue weighted by Gasteiger charge is -2.04. The second kappa shape index (κ2) is 9.55. The van der Waals surface area contributed by atoms with Crippen molar-refractivity contribution in [1.29, 1.82) is 0 Å². The van der Waals surface area contributed by atoms with Gasteiger partial charge in [0.2, 0.25) is 5.91 Å². The number of carbonyl (C=O) groups excluding carboxylic acids is 2. The SMILES string of the molecule is O=CCCCCCNC(=O)CSc1ccc(F)cc1. The van der Waals surface area contributed by atoms with Crippen LogP contribution in [0.2, 0.25) is 0 Å². The summed E-state index contributed by atoms with van der Waals surface area (Å²) in [4.78, 5) is 22.5. The molecule has 1 N–H and O–H groups in total. The summed E-state index contributed by atoms with van der Waals surface area (Å²) in [5, 5.41) is 2.82. The van der Waals surface area contributed by atoms with Crippen molar-refractivity contribution in [3.05, 3.63) is 30.1 Å². The first-order valence-corrected chi connectivity index (χ1v) is 7.29. The van der Waals surface area contributed by atoms with Gasteiger partial charge in [0.05, 0.1) is 5.75 Å². The summed E-state index contributed by atoms with van der Waals surface area (Å²) in [6.45, 7) is 0.641. The Labute approximate surface area is 117 Å². The highest BCUT2D eigenvalue weighted by Crippen LogP contribution is 2.17. The Morgan fingerprint density at radius 2 is 1.95 bits per heavy atom. The Hall–Kier alpha value is -1.36. The summed E-state index contributed by atoms with van der Waals surface area (Å²) in [6, 6.07) is 6.08. The van der Waals surface area contributed by atoms with E-state index in [1.807, 2.05) is 0 Å². The van der Waals surface area contributed by atoms with Gasteiger partial charge in [-0.25, -0.2) is 4.39 Å². The first-order valence-electron chi connectivity index (χ1n) is 6.31. The van der Waals surface area contributed by atoms with Crippen molar-refractivity contribution in [3.63, 3.8) is 0 Å². The second-order valence-corrected chi connectivity index (χ2v) is 5.16. The van der Waals surface area contributed by atoms with Crippen molar-refractivity contribution in [1.82, 2.24) is 5.32 Å². The Kier molecular flexibility index (Phi) is 7.89. The molecule has 0 unspecified atom stereocenters. The maximum Gasteiger partial charge on any atom is 0.230 e. The molecule has 104 valence electrons. The lowest BCUT2D eigenvalue weighted by Crippen LogP contribution is -2.26. The molecule has 0 fully saturated rings. The minimum Gasteiger partial charge on any atom is -0.355 e. The van der Waals surface area contributed by atoms with E-state index >= 15 is 0 Å². The molecule has 0 bridgehead atoms. The molecule has 1 aromatic carbocycles. The minimum atomic E-state index is -0.274. The molecule has 0 saturated carbocycles. The van der Waals surface area contributed by atoms with Gasteiger partial charge in [-0.2, -0.15) is 0 Å². The van der Waals surface area contributed by atoms with E-state index in [-0.39, 0.29) is 11.7 Å². The van der Waals surface area contributed by atoms with Crippen LogP contribution >= 0.6 is 11.8 Å². The van der Waals surface area contributed by atoms with E-state index in [0.29, 0.717) is 18.7 Å². The topological polar surface area (TPSA) is 46.2 Å². The summed E-state index contributed by atoms with van der Waals surface area (Å²) < 4.78 is 12.7. The third-order valence-electron chi connectivity index (χ3n) is 2.50. The molecule has 0 saturated heterocycles. The van der Waals surface area contributed by atoms with Crippen LogP contribution in [0.15, 0.2) is 29.2 Å². The van der Waals surface area contributed by atoms with E-state index in [9.17, 15) is 14.0 Å². The third-order valence-corrected chi connectivity index (χ3v) is 3.52. The van der Waals surface area contributed by atoms with E-state index in [1.54, 1.807) is 12.1 Å². The number of rotatable bonds is 9. The molecule has 0 heterocycles. The summed E-state index contributed by atoms with van der Waals surface area (Å²) in [7, 11) is 0. The van der Waals surface area contributed by atoms with Gasteiger partial charge in [-0.3, -0.25) is 4.79 Å². The Morgan fingerprint density at radius 1 is 1.21 bits per heavy atom. The molecule has 0 aliphatic heterocycles. The standard InChI is InChI=1S/C14H18FNO2S/c15-12-5-7-13(8-6-12)19-11-14(18)16-9-3-1-2-4-10-17/h5-8,10H,1-4,9,11H2,(H,16,18). The monoisotopic (exact) mass is 283 g/mol. The van der Waals surface area contributed by atoms with Crippen molar-refractivity contribution < 1.29 is 14.0 Å². The Bertz CT molecular complexity index is 395. The number of nitrogens with one attached hydrogen (secondary N) is 1. The lowest BCUT2D eigenvalue weighted by atomic mass is 10.2. The highest BCUT2D eigenvalue weighted by Gasteiger charge is 2.02. The largest absolute Gasteiger partial charge is 0.355 e. The van der Waals surface area contributed by atoms with Gasteiger partial charge in [-0.1, -0.05) is 6.42 Å². The molecule has 5 heteroatoms. The molecule has 1 aromatic rings. The summed E-state index contributed by atoms with van der Waals surface area (Å²) in [5.41, 5.74) is 0. The second-order valence-electron chi connectivity index (χ2n) is 4.11. The smallest absolute Gasteiger partial charge is 0.230 e. The quantitative estimate of drug-likeness (QED) is 0.430. The van der Waals surface area contributed by atoms with Gasteiger partial charge < -0.3 is 10.1 Å². The van der Waals surface area contributed by atoms with E-state index < -0.39 is 0 Å². The number of hydrogen-bond donors (Lipinski definition) is 1. The molecular formula is C14H18FNO2S. The van der Waals surface area contributed by atoms with Gasteiger partial charge >= 0.3 is 0 Å². The first-order chi connectivity index (χ1) is 9.22. The van der Waals surface area contributed by atoms with Gasteiger partial charge in [0, 0.05) is 17.9 Å². The fourth-order valence-electron chi connectivity index (χ4n) is 1.49. The highest BCUT2D eigenvalue weighted by molar-refractivity contribution is 8.00. The van der Waals surface area contributed by atoms with Gasteiger partial charge in [0.25, 0.3) is 0 Å². The molecule has 0 aliphatic rings. The predicted octanol–water partition coefficient (Wildman–Crippen LogP) is 2.79. The maximum absolute atomic E-state index is 12.7. The Morgan fingerprint density at radius 3 is 2.63 bits per heavy atom. The van der Waals surface area contributed by atoms with E-state index in [1.165, 1.54) is 23.9 Å². The molecular weight excluding hydrogens is 265 g/mol. The van der Waals surface area contributed by atoms with Gasteiger partial charge in [-0.05, 0) is 37.1 Å². The Balaban J connectivity index is 2.07. The molecule has 19 heavy (non-hydrogen) atoms. The maximum atomic E-state index is 12.7. The molecule has 1 amide bonds. The number of aldehydes is 1. The predicted molar refractivity (Wildman–Crippen MR) is 74.7 cm³/mol. The normalized spacial score (nSPS) is 10.2. The van der Waals surface area contributed by atoms with Crippen LogP contribution in [0.4, 0.5) is 4.39 Å². The minimum absolute atomic E-state index is 0.0234. The lowest BCUT2D eigenvalue weighted by molar-refractivity contribution is -0.118. The summed E-state index contributed by atoms with van der Waals surface area (Å²) in [5.74, 6) is 0.0359. The number of carbonyl (C=O) groups is 2. The van der Waals surface area contributed by atoms with Crippen LogP contribution in [0.25, 0.3) is 0 Å². The number of amides is 1. The fraction of sp³-hybridized carbons (Fsp3) is 0.429. The molecule has 0 radical (unpaired) electrons. The zero-order valence-electron chi connectivity index (χ0n) is 10.7. The van der Waals surface area contributed by atoms with Crippen molar-refractivity contribution in [2.75, 3.05) is 12.3 Å². The first kappa shape index (κ1) is 15.7. The van der Waals surface area contributed by atoms with Gasteiger partial charge in [-0.15, -0.1) is 11.8 Å². The van der Waals surface area contributed by atoms with Crippen LogP contribution in [-0.4, -0.2) is 24.5 Å². The van der Waals surface area contributed by atoms with Crippen LogP contribution in [0.1, 0.15) is 25.7 Å². The number of unbranched alkanes of at least 4 members (excludes halogenated alkanes) is 3. The number of halogens is 1. The average molecular weight is 283 g/mol. The molecule has 0 atom stereocenters. The van der Waals surface area contributed by atoms with Crippen molar-refractivity contribution >= 4 is 24.0 Å². The summed E-state index contributed by atoms with van der Waals surface area (Å²) >= 11 is 1.38.